The predicted octanol–water partition coefficient (Wildman–Crippen LogP) is 2.32. The molecule has 0 spiro atoms. The first kappa shape index (κ1) is 18.3. The second kappa shape index (κ2) is 7.03. The Labute approximate surface area is 155 Å². The van der Waals surface area contributed by atoms with Crippen molar-refractivity contribution in [3.8, 4) is 0 Å². The van der Waals surface area contributed by atoms with Gasteiger partial charge in [-0.05, 0) is 49.2 Å². The highest BCUT2D eigenvalue weighted by Gasteiger charge is 2.33. The number of carbonyl (C=O) groups is 4. The standard InChI is InChI=1S/C20H18N2O5/c1-11-5-4-6-16(12(11)2)21-17(23)10-27-20(26)13-7-8-14-15(9-13)19(25)22(3)18(14)24/h4-9H,10H2,1-3H3,(H,21,23). The van der Waals surface area contributed by atoms with Gasteiger partial charge in [0, 0.05) is 12.7 Å². The molecule has 0 aromatic heterocycles. The summed E-state index contributed by atoms with van der Waals surface area (Å²) in [5.41, 5.74) is 3.11. The van der Waals surface area contributed by atoms with Crippen LogP contribution in [0.4, 0.5) is 5.69 Å². The molecule has 0 saturated carbocycles. The maximum atomic E-state index is 12.2. The van der Waals surface area contributed by atoms with E-state index in [9.17, 15) is 19.2 Å². The molecule has 3 amide bonds. The number of benzene rings is 2. The molecule has 0 radical (unpaired) electrons. The van der Waals surface area contributed by atoms with Gasteiger partial charge in [-0.1, -0.05) is 12.1 Å². The Morgan fingerprint density at radius 3 is 2.48 bits per heavy atom. The number of imide groups is 1. The Morgan fingerprint density at radius 2 is 1.74 bits per heavy atom. The lowest BCUT2D eigenvalue weighted by molar-refractivity contribution is -0.119. The average molecular weight is 366 g/mol. The van der Waals surface area contributed by atoms with Gasteiger partial charge in [0.25, 0.3) is 17.7 Å². The number of esters is 1. The van der Waals surface area contributed by atoms with Gasteiger partial charge in [0.05, 0.1) is 16.7 Å². The fraction of sp³-hybridized carbons (Fsp3) is 0.200. The molecule has 0 bridgehead atoms. The van der Waals surface area contributed by atoms with Gasteiger partial charge in [-0.15, -0.1) is 0 Å². The molecule has 138 valence electrons. The Morgan fingerprint density at radius 1 is 1.04 bits per heavy atom. The molecule has 0 aliphatic carbocycles. The first-order chi connectivity index (χ1) is 12.8. The lowest BCUT2D eigenvalue weighted by atomic mass is 10.1. The lowest BCUT2D eigenvalue weighted by Crippen LogP contribution is -2.24. The summed E-state index contributed by atoms with van der Waals surface area (Å²) in [6.07, 6.45) is 0. The molecule has 2 aromatic carbocycles. The predicted molar refractivity (Wildman–Crippen MR) is 97.7 cm³/mol. The Bertz CT molecular complexity index is 980. The van der Waals surface area contributed by atoms with Crippen molar-refractivity contribution in [3.63, 3.8) is 0 Å². The van der Waals surface area contributed by atoms with Gasteiger partial charge in [0.2, 0.25) is 0 Å². The fourth-order valence-corrected chi connectivity index (χ4v) is 2.78. The SMILES string of the molecule is Cc1cccc(NC(=O)COC(=O)c2ccc3c(c2)C(=O)N(C)C3=O)c1C. The Hall–Kier alpha value is -3.48. The van der Waals surface area contributed by atoms with Crippen LogP contribution in [-0.2, 0) is 9.53 Å². The van der Waals surface area contributed by atoms with Crippen LogP contribution in [-0.4, -0.2) is 42.2 Å². The maximum absolute atomic E-state index is 12.2. The van der Waals surface area contributed by atoms with Crippen LogP contribution in [0, 0.1) is 13.8 Å². The Balaban J connectivity index is 1.65. The number of anilines is 1. The average Bonchev–Trinajstić information content (AvgIpc) is 2.87. The third-order valence-electron chi connectivity index (χ3n) is 4.54. The minimum absolute atomic E-state index is 0.102. The van der Waals surface area contributed by atoms with Gasteiger partial charge in [0.1, 0.15) is 0 Å². The second-order valence-corrected chi connectivity index (χ2v) is 6.30. The van der Waals surface area contributed by atoms with Crippen LogP contribution in [0.3, 0.4) is 0 Å². The summed E-state index contributed by atoms with van der Waals surface area (Å²) in [5, 5.41) is 2.70. The van der Waals surface area contributed by atoms with Gasteiger partial charge in [-0.3, -0.25) is 19.3 Å². The number of nitrogens with one attached hydrogen (secondary N) is 1. The number of hydrogen-bond acceptors (Lipinski definition) is 5. The Kier molecular flexibility index (Phi) is 4.77. The van der Waals surface area contributed by atoms with E-state index in [0.717, 1.165) is 16.0 Å². The summed E-state index contributed by atoms with van der Waals surface area (Å²) in [7, 11) is 1.38. The molecular weight excluding hydrogens is 348 g/mol. The van der Waals surface area contributed by atoms with Crippen molar-refractivity contribution in [2.24, 2.45) is 0 Å². The van der Waals surface area contributed by atoms with Crippen LogP contribution in [0.1, 0.15) is 42.2 Å². The number of rotatable bonds is 4. The summed E-state index contributed by atoms with van der Waals surface area (Å²) in [4.78, 5) is 49.1. The third kappa shape index (κ3) is 3.44. The van der Waals surface area contributed by atoms with Gasteiger partial charge in [-0.25, -0.2) is 4.79 Å². The third-order valence-corrected chi connectivity index (χ3v) is 4.54. The van der Waals surface area contributed by atoms with Crippen LogP contribution in [0.2, 0.25) is 0 Å². The number of amides is 3. The molecule has 0 unspecified atom stereocenters. The zero-order chi connectivity index (χ0) is 19.7. The van der Waals surface area contributed by atoms with E-state index in [1.54, 1.807) is 6.07 Å². The second-order valence-electron chi connectivity index (χ2n) is 6.30. The van der Waals surface area contributed by atoms with Crippen molar-refractivity contribution in [2.45, 2.75) is 13.8 Å². The number of hydrogen-bond donors (Lipinski definition) is 1. The van der Waals surface area contributed by atoms with Gasteiger partial charge < -0.3 is 10.1 Å². The quantitative estimate of drug-likeness (QED) is 0.662. The maximum Gasteiger partial charge on any atom is 0.338 e. The molecule has 7 heteroatoms. The van der Waals surface area contributed by atoms with Crippen molar-refractivity contribution in [1.29, 1.82) is 0 Å². The summed E-state index contributed by atoms with van der Waals surface area (Å²) < 4.78 is 5.02. The number of nitrogens with zero attached hydrogens (tertiary/aromatic N) is 1. The molecule has 1 aliphatic rings. The molecule has 1 aliphatic heterocycles. The molecule has 1 heterocycles. The van der Waals surface area contributed by atoms with Crippen LogP contribution in [0.5, 0.6) is 0 Å². The summed E-state index contributed by atoms with van der Waals surface area (Å²) >= 11 is 0. The minimum atomic E-state index is -0.747. The van der Waals surface area contributed by atoms with Crippen molar-refractivity contribution < 1.29 is 23.9 Å². The number of ether oxygens (including phenoxy) is 1. The van der Waals surface area contributed by atoms with E-state index < -0.39 is 30.3 Å². The zero-order valence-corrected chi connectivity index (χ0v) is 15.2. The number of carbonyl (C=O) groups excluding carboxylic acids is 4. The van der Waals surface area contributed by atoms with Crippen molar-refractivity contribution in [1.82, 2.24) is 4.90 Å². The highest BCUT2D eigenvalue weighted by atomic mass is 16.5. The first-order valence-corrected chi connectivity index (χ1v) is 8.29. The molecule has 0 atom stereocenters. The highest BCUT2D eigenvalue weighted by Crippen LogP contribution is 2.23. The summed E-state index contributed by atoms with van der Waals surface area (Å²) in [6.45, 7) is 3.36. The van der Waals surface area contributed by atoms with Gasteiger partial charge >= 0.3 is 5.97 Å². The van der Waals surface area contributed by atoms with Gasteiger partial charge in [-0.2, -0.15) is 0 Å². The van der Waals surface area contributed by atoms with E-state index in [1.807, 2.05) is 26.0 Å². The van der Waals surface area contributed by atoms with Gasteiger partial charge in [0.15, 0.2) is 6.61 Å². The highest BCUT2D eigenvalue weighted by molar-refractivity contribution is 6.21. The molecule has 3 rings (SSSR count). The summed E-state index contributed by atoms with van der Waals surface area (Å²) in [6, 6.07) is 9.64. The molecule has 7 nitrogen and oxygen atoms in total. The van der Waals surface area contributed by atoms with Crippen LogP contribution in [0.15, 0.2) is 36.4 Å². The normalized spacial score (nSPS) is 12.8. The van der Waals surface area contributed by atoms with Crippen LogP contribution in [0.25, 0.3) is 0 Å². The van der Waals surface area contributed by atoms with Crippen molar-refractivity contribution >= 4 is 29.4 Å². The van der Waals surface area contributed by atoms with Crippen molar-refractivity contribution in [2.75, 3.05) is 19.0 Å². The minimum Gasteiger partial charge on any atom is -0.452 e. The molecule has 2 aromatic rings. The topological polar surface area (TPSA) is 92.8 Å². The van der Waals surface area contributed by atoms with E-state index in [2.05, 4.69) is 5.32 Å². The van der Waals surface area contributed by atoms with E-state index in [1.165, 1.54) is 25.2 Å². The number of aryl methyl sites for hydroxylation is 1. The monoisotopic (exact) mass is 366 g/mol. The molecule has 27 heavy (non-hydrogen) atoms. The van der Waals surface area contributed by atoms with Crippen LogP contribution < -0.4 is 5.32 Å². The van der Waals surface area contributed by atoms with E-state index in [0.29, 0.717) is 5.69 Å². The molecule has 0 fully saturated rings. The molecular formula is C20H18N2O5. The fourth-order valence-electron chi connectivity index (χ4n) is 2.78. The summed E-state index contributed by atoms with van der Waals surface area (Å²) in [5.74, 6) is -2.10. The molecule has 0 saturated heterocycles. The molecule has 1 N–H and O–H groups in total. The first-order valence-electron chi connectivity index (χ1n) is 8.29. The number of fused-ring (bicyclic) bond motifs is 1. The van der Waals surface area contributed by atoms with E-state index in [4.69, 9.17) is 4.74 Å². The van der Waals surface area contributed by atoms with Crippen LogP contribution >= 0.6 is 0 Å². The largest absolute Gasteiger partial charge is 0.452 e. The van der Waals surface area contributed by atoms with Crippen molar-refractivity contribution in [3.05, 3.63) is 64.2 Å². The lowest BCUT2D eigenvalue weighted by Gasteiger charge is -2.10. The smallest absolute Gasteiger partial charge is 0.338 e. The van der Waals surface area contributed by atoms with E-state index in [-0.39, 0.29) is 16.7 Å². The van der Waals surface area contributed by atoms with E-state index >= 15 is 0 Å². The zero-order valence-electron chi connectivity index (χ0n) is 15.2.